The lowest BCUT2D eigenvalue weighted by atomic mass is 9.61. The summed E-state index contributed by atoms with van der Waals surface area (Å²) in [5.74, 6) is 7.14. The van der Waals surface area contributed by atoms with E-state index in [0.29, 0.717) is 42.6 Å². The molecule has 0 saturated heterocycles. The Morgan fingerprint density at radius 2 is 1.95 bits per heavy atom. The van der Waals surface area contributed by atoms with Gasteiger partial charge in [0.15, 0.2) is 0 Å². The number of carboxylic acids is 1. The summed E-state index contributed by atoms with van der Waals surface area (Å²) in [4.78, 5) is 11.4. The molecule has 0 aromatic heterocycles. The van der Waals surface area contributed by atoms with Crippen molar-refractivity contribution < 1.29 is 24.9 Å². The van der Waals surface area contributed by atoms with Gasteiger partial charge in [0.05, 0.1) is 18.1 Å². The van der Waals surface area contributed by atoms with Crippen LogP contribution in [0.5, 0.6) is 0 Å². The fourth-order valence-electron chi connectivity index (χ4n) is 7.23. The number of carbonyl (C=O) groups is 1. The van der Waals surface area contributed by atoms with Crippen molar-refractivity contribution in [2.75, 3.05) is 6.61 Å². The second kappa shape index (κ2) is 10.7. The summed E-state index contributed by atoms with van der Waals surface area (Å²) in [6.07, 6.45) is 12.9. The van der Waals surface area contributed by atoms with Crippen LogP contribution in [0.4, 0.5) is 0 Å². The number of hydrogen-bond donors (Lipinski definition) is 3. The summed E-state index contributed by atoms with van der Waals surface area (Å²) < 4.78 is 5.89. The van der Waals surface area contributed by atoms with Gasteiger partial charge in [0.2, 0.25) is 0 Å². The summed E-state index contributed by atoms with van der Waals surface area (Å²) in [5, 5.41) is 30.2. The first-order valence-electron chi connectivity index (χ1n) is 14.2. The average Bonchev–Trinajstić information content (AvgIpc) is 3.53. The molecule has 5 unspecified atom stereocenters. The Hall–Kier alpha value is -1.87. The number of aliphatic carboxylic acids is 1. The van der Waals surface area contributed by atoms with E-state index >= 15 is 0 Å². The minimum Gasteiger partial charge on any atom is -0.481 e. The monoisotopic (exact) mass is 510 g/mol. The molecular weight excluding hydrogens is 464 g/mol. The molecule has 0 spiro atoms. The highest BCUT2D eigenvalue weighted by atomic mass is 16.5. The molecular formula is C32H46O5. The first-order valence-corrected chi connectivity index (χ1v) is 14.2. The molecule has 0 heterocycles. The van der Waals surface area contributed by atoms with E-state index in [1.165, 1.54) is 31.3 Å². The van der Waals surface area contributed by atoms with E-state index < -0.39 is 23.1 Å². The van der Waals surface area contributed by atoms with Crippen LogP contribution in [0.2, 0.25) is 0 Å². The van der Waals surface area contributed by atoms with Gasteiger partial charge in [-0.1, -0.05) is 44.1 Å². The van der Waals surface area contributed by atoms with E-state index in [1.54, 1.807) is 13.8 Å². The smallest absolute Gasteiger partial charge is 0.311 e. The van der Waals surface area contributed by atoms with E-state index in [-0.39, 0.29) is 18.1 Å². The molecule has 3 N–H and O–H groups in total. The first kappa shape index (κ1) is 28.1. The van der Waals surface area contributed by atoms with Crippen molar-refractivity contribution in [1.29, 1.82) is 0 Å². The quantitative estimate of drug-likeness (QED) is 0.376. The summed E-state index contributed by atoms with van der Waals surface area (Å²) in [7, 11) is 0. The molecule has 0 amide bonds. The number of aliphatic hydroxyl groups is 2. The molecule has 0 aromatic rings. The molecule has 5 nitrogen and oxygen atoms in total. The number of aliphatic hydroxyl groups excluding tert-OH is 1. The van der Waals surface area contributed by atoms with Crippen LogP contribution in [0.15, 0.2) is 35.5 Å². The molecule has 0 aromatic carbocycles. The Morgan fingerprint density at radius 3 is 2.59 bits per heavy atom. The van der Waals surface area contributed by atoms with Crippen molar-refractivity contribution in [2.45, 2.75) is 110 Å². The molecule has 204 valence electrons. The Morgan fingerprint density at radius 1 is 1.22 bits per heavy atom. The zero-order chi connectivity index (χ0) is 27.0. The van der Waals surface area contributed by atoms with Crippen LogP contribution in [0.1, 0.15) is 91.9 Å². The summed E-state index contributed by atoms with van der Waals surface area (Å²) in [6, 6.07) is 0. The van der Waals surface area contributed by atoms with Gasteiger partial charge < -0.3 is 20.1 Å². The lowest BCUT2D eigenvalue weighted by Gasteiger charge is -2.44. The molecule has 4 aliphatic rings. The van der Waals surface area contributed by atoms with Gasteiger partial charge in [0, 0.05) is 6.42 Å². The van der Waals surface area contributed by atoms with Crippen LogP contribution in [0.25, 0.3) is 0 Å². The van der Waals surface area contributed by atoms with E-state index in [2.05, 4.69) is 44.4 Å². The van der Waals surface area contributed by atoms with Crippen molar-refractivity contribution in [3.63, 3.8) is 0 Å². The number of allylic oxidation sites excluding steroid dienone is 3. The molecule has 4 saturated carbocycles. The normalized spacial score (nSPS) is 36.1. The third-order valence-electron chi connectivity index (χ3n) is 9.74. The predicted molar refractivity (Wildman–Crippen MR) is 146 cm³/mol. The first-order chi connectivity index (χ1) is 17.4. The molecule has 0 radical (unpaired) electrons. The van der Waals surface area contributed by atoms with Gasteiger partial charge in [-0.15, -0.1) is 5.92 Å². The van der Waals surface area contributed by atoms with Crippen LogP contribution in [-0.2, 0) is 9.53 Å². The fourth-order valence-corrected chi connectivity index (χ4v) is 7.23. The van der Waals surface area contributed by atoms with Crippen LogP contribution in [0.3, 0.4) is 0 Å². The summed E-state index contributed by atoms with van der Waals surface area (Å²) in [6.45, 7) is 12.6. The SMILES string of the molecule is C=C1/C(=C\C=C2/CCCC3(C)C2CCC3[C@H](C)CC#CC(C)(C)O)CCC(OCC2(C(=O)O)CC2)C1O. The van der Waals surface area contributed by atoms with E-state index in [9.17, 15) is 20.1 Å². The summed E-state index contributed by atoms with van der Waals surface area (Å²) >= 11 is 0. The number of carboxylic acid groups (broad SMARTS) is 1. The second-order valence-corrected chi connectivity index (χ2v) is 13.0. The lowest BCUT2D eigenvalue weighted by molar-refractivity contribution is -0.148. The van der Waals surface area contributed by atoms with E-state index in [0.717, 1.165) is 24.8 Å². The van der Waals surface area contributed by atoms with Crippen LogP contribution < -0.4 is 0 Å². The summed E-state index contributed by atoms with van der Waals surface area (Å²) in [5.41, 5.74) is 1.91. The minimum atomic E-state index is -0.934. The third kappa shape index (κ3) is 6.08. The molecule has 37 heavy (non-hydrogen) atoms. The number of hydrogen-bond acceptors (Lipinski definition) is 4. The van der Waals surface area contributed by atoms with Gasteiger partial charge in [-0.2, -0.15) is 0 Å². The van der Waals surface area contributed by atoms with Crippen molar-refractivity contribution >= 4 is 5.97 Å². The maximum atomic E-state index is 11.4. The number of rotatable bonds is 7. The zero-order valence-corrected chi connectivity index (χ0v) is 23.2. The van der Waals surface area contributed by atoms with Gasteiger partial charge in [-0.05, 0) is 106 Å². The Kier molecular flexibility index (Phi) is 8.15. The van der Waals surface area contributed by atoms with Gasteiger partial charge in [-0.3, -0.25) is 4.79 Å². The largest absolute Gasteiger partial charge is 0.481 e. The van der Waals surface area contributed by atoms with Gasteiger partial charge >= 0.3 is 5.97 Å². The van der Waals surface area contributed by atoms with Crippen LogP contribution in [-0.4, -0.2) is 45.7 Å². The Bertz CT molecular complexity index is 1010. The molecule has 5 heteroatoms. The molecule has 4 rings (SSSR count). The lowest BCUT2D eigenvalue weighted by Crippen LogP contribution is -2.37. The molecule has 4 aliphatic carbocycles. The van der Waals surface area contributed by atoms with Crippen LogP contribution >= 0.6 is 0 Å². The molecule has 4 fully saturated rings. The van der Waals surface area contributed by atoms with Crippen molar-refractivity contribution in [3.05, 3.63) is 35.5 Å². The van der Waals surface area contributed by atoms with Gasteiger partial charge in [0.1, 0.15) is 11.7 Å². The third-order valence-corrected chi connectivity index (χ3v) is 9.74. The van der Waals surface area contributed by atoms with E-state index in [1.807, 2.05) is 0 Å². The maximum Gasteiger partial charge on any atom is 0.311 e. The highest BCUT2D eigenvalue weighted by Crippen LogP contribution is 2.59. The topological polar surface area (TPSA) is 87.0 Å². The van der Waals surface area contributed by atoms with Crippen molar-refractivity contribution in [2.24, 2.45) is 28.6 Å². The van der Waals surface area contributed by atoms with Gasteiger partial charge in [0.25, 0.3) is 0 Å². The van der Waals surface area contributed by atoms with E-state index in [4.69, 9.17) is 4.74 Å². The van der Waals surface area contributed by atoms with Gasteiger partial charge in [-0.25, -0.2) is 0 Å². The number of ether oxygens (including phenoxy) is 1. The van der Waals surface area contributed by atoms with Crippen LogP contribution in [0, 0.1) is 40.4 Å². The molecule has 0 bridgehead atoms. The highest BCUT2D eigenvalue weighted by molar-refractivity contribution is 5.77. The Labute approximate surface area is 223 Å². The molecule has 0 aliphatic heterocycles. The molecule has 6 atom stereocenters. The standard InChI is InChI=1S/C32H46O5/c1-21(8-6-16-30(3,4)36)25-13-14-26-24(9-7-17-31(25,26)5)11-10-23-12-15-27(28(33)22(23)2)37-20-32(18-19-32)29(34)35/h10-11,21,25-28,33,36H,2,7-9,12-15,17-20H2,1,3-5H3,(H,34,35)/b23-10-,24-11+/t21-,25?,26?,27?,28?,31?/m1/s1. The predicted octanol–water partition coefficient (Wildman–Crippen LogP) is 5.82. The second-order valence-electron chi connectivity index (χ2n) is 13.0. The minimum absolute atomic E-state index is 0.170. The highest BCUT2D eigenvalue weighted by Gasteiger charge is 2.52. The maximum absolute atomic E-state index is 11.4. The average molecular weight is 511 g/mol. The van der Waals surface area contributed by atoms with Crippen molar-refractivity contribution in [3.8, 4) is 11.8 Å². The van der Waals surface area contributed by atoms with Crippen molar-refractivity contribution in [1.82, 2.24) is 0 Å². The zero-order valence-electron chi connectivity index (χ0n) is 23.2. The number of fused-ring (bicyclic) bond motifs is 1. The fraction of sp³-hybridized carbons (Fsp3) is 0.719. The Balaban J connectivity index is 1.39.